The van der Waals surface area contributed by atoms with Gasteiger partial charge in [-0.1, -0.05) is 19.3 Å². The van der Waals surface area contributed by atoms with Gasteiger partial charge in [0.1, 0.15) is 0 Å². The minimum atomic E-state index is -0.741. The molecule has 0 aliphatic heterocycles. The normalized spacial score (nSPS) is 14.0. The molecule has 1 fully saturated rings. The summed E-state index contributed by atoms with van der Waals surface area (Å²) in [7, 11) is 0. The lowest BCUT2D eigenvalue weighted by molar-refractivity contribution is -0.384. The van der Waals surface area contributed by atoms with Gasteiger partial charge in [-0.2, -0.15) is 0 Å². The molecule has 1 aliphatic rings. The average Bonchev–Trinajstić information content (AvgIpc) is 2.79. The predicted octanol–water partition coefficient (Wildman–Crippen LogP) is 4.38. The lowest BCUT2D eigenvalue weighted by atomic mass is 9.90. The van der Waals surface area contributed by atoms with E-state index in [0.717, 1.165) is 25.0 Å². The summed E-state index contributed by atoms with van der Waals surface area (Å²) in [5.41, 5.74) is -0.511. The number of carbonyl (C=O) groups is 2. The fraction of sp³-hybridized carbons (Fsp3) is 0.409. The van der Waals surface area contributed by atoms with Gasteiger partial charge in [0.2, 0.25) is 0 Å². The van der Waals surface area contributed by atoms with E-state index in [0.29, 0.717) is 18.3 Å². The molecule has 0 bridgehead atoms. The predicted molar refractivity (Wildman–Crippen MR) is 113 cm³/mol. The van der Waals surface area contributed by atoms with E-state index in [1.54, 1.807) is 19.1 Å². The standard InChI is InChI=1S/C22H25N3O6/c1-2-30-22(27)17-11-16(12-18(13-17)25(28)29)21(26)24-20-19(9-6-10-23-20)31-14-15-7-4-3-5-8-15/h6,9-13,15H,2-5,7-8,14H2,1H3,(H,23,24,26). The smallest absolute Gasteiger partial charge is 0.338 e. The maximum atomic E-state index is 12.8. The molecule has 3 rings (SSSR count). The minimum Gasteiger partial charge on any atom is -0.489 e. The summed E-state index contributed by atoms with van der Waals surface area (Å²) in [5, 5.41) is 13.9. The number of pyridine rings is 1. The molecule has 9 heteroatoms. The highest BCUT2D eigenvalue weighted by molar-refractivity contribution is 6.06. The van der Waals surface area contributed by atoms with Crippen LogP contribution in [0.5, 0.6) is 5.75 Å². The second kappa shape index (κ2) is 10.5. The van der Waals surface area contributed by atoms with Crippen molar-refractivity contribution in [3.05, 3.63) is 57.8 Å². The number of hydrogen-bond donors (Lipinski definition) is 1. The molecule has 0 saturated heterocycles. The largest absolute Gasteiger partial charge is 0.489 e. The number of rotatable bonds is 8. The quantitative estimate of drug-likeness (QED) is 0.377. The average molecular weight is 427 g/mol. The number of ether oxygens (including phenoxy) is 2. The summed E-state index contributed by atoms with van der Waals surface area (Å²) in [5.74, 6) is -0.267. The monoisotopic (exact) mass is 427 g/mol. The molecule has 1 saturated carbocycles. The molecule has 0 spiro atoms. The van der Waals surface area contributed by atoms with Crippen LogP contribution in [0.25, 0.3) is 0 Å². The fourth-order valence-electron chi connectivity index (χ4n) is 3.52. The fourth-order valence-corrected chi connectivity index (χ4v) is 3.52. The molecule has 1 N–H and O–H groups in total. The number of carbonyl (C=O) groups excluding carboxylic acids is 2. The first-order valence-electron chi connectivity index (χ1n) is 10.3. The van der Waals surface area contributed by atoms with Crippen molar-refractivity contribution in [2.24, 2.45) is 5.92 Å². The molecule has 164 valence electrons. The van der Waals surface area contributed by atoms with Crippen LogP contribution < -0.4 is 10.1 Å². The molecule has 0 atom stereocenters. The highest BCUT2D eigenvalue weighted by Crippen LogP contribution is 2.27. The van der Waals surface area contributed by atoms with Crippen molar-refractivity contribution < 1.29 is 24.0 Å². The zero-order valence-electron chi connectivity index (χ0n) is 17.3. The Morgan fingerprint density at radius 1 is 1.19 bits per heavy atom. The molecule has 0 radical (unpaired) electrons. The van der Waals surface area contributed by atoms with Crippen LogP contribution in [-0.2, 0) is 4.74 Å². The number of hydrogen-bond acceptors (Lipinski definition) is 7. The van der Waals surface area contributed by atoms with Crippen molar-refractivity contribution in [1.82, 2.24) is 4.98 Å². The van der Waals surface area contributed by atoms with Gasteiger partial charge >= 0.3 is 5.97 Å². The van der Waals surface area contributed by atoms with Crippen LogP contribution in [0.1, 0.15) is 59.7 Å². The van der Waals surface area contributed by atoms with Gasteiger partial charge in [0.05, 0.1) is 23.7 Å². The summed E-state index contributed by atoms with van der Waals surface area (Å²) in [6, 6.07) is 6.85. The van der Waals surface area contributed by atoms with Crippen LogP contribution in [0.15, 0.2) is 36.5 Å². The molecule has 31 heavy (non-hydrogen) atoms. The summed E-state index contributed by atoms with van der Waals surface area (Å²) in [4.78, 5) is 39.6. The van der Waals surface area contributed by atoms with Crippen molar-refractivity contribution in [3.63, 3.8) is 0 Å². The van der Waals surface area contributed by atoms with Crippen LogP contribution in [-0.4, -0.2) is 35.0 Å². The summed E-state index contributed by atoms with van der Waals surface area (Å²) in [6.45, 7) is 2.27. The zero-order chi connectivity index (χ0) is 22.2. The topological polar surface area (TPSA) is 121 Å². The number of benzene rings is 1. The molecular formula is C22H25N3O6. The van der Waals surface area contributed by atoms with Crippen LogP contribution in [0.3, 0.4) is 0 Å². The first kappa shape index (κ1) is 22.2. The number of anilines is 1. The number of nitro benzene ring substituents is 1. The van der Waals surface area contributed by atoms with Crippen LogP contribution >= 0.6 is 0 Å². The third-order valence-electron chi connectivity index (χ3n) is 5.10. The van der Waals surface area contributed by atoms with Gasteiger partial charge in [-0.15, -0.1) is 0 Å². The summed E-state index contributed by atoms with van der Waals surface area (Å²) >= 11 is 0. The van der Waals surface area contributed by atoms with Crippen LogP contribution in [0.4, 0.5) is 11.5 Å². The summed E-state index contributed by atoms with van der Waals surface area (Å²) in [6.07, 6.45) is 7.39. The molecule has 0 unspecified atom stereocenters. The Morgan fingerprint density at radius 3 is 2.65 bits per heavy atom. The van der Waals surface area contributed by atoms with E-state index in [1.165, 1.54) is 31.5 Å². The first-order valence-corrected chi connectivity index (χ1v) is 10.3. The Balaban J connectivity index is 1.78. The van der Waals surface area contributed by atoms with Gasteiger partial charge in [0, 0.05) is 23.9 Å². The zero-order valence-corrected chi connectivity index (χ0v) is 17.3. The van der Waals surface area contributed by atoms with E-state index in [9.17, 15) is 19.7 Å². The lowest BCUT2D eigenvalue weighted by Gasteiger charge is -2.22. The molecule has 1 aromatic heterocycles. The van der Waals surface area contributed by atoms with E-state index in [2.05, 4.69) is 10.3 Å². The summed E-state index contributed by atoms with van der Waals surface area (Å²) < 4.78 is 10.8. The van der Waals surface area contributed by atoms with Gasteiger partial charge in [-0.05, 0) is 43.9 Å². The van der Waals surface area contributed by atoms with E-state index < -0.39 is 16.8 Å². The number of nitro groups is 1. The van der Waals surface area contributed by atoms with Gasteiger partial charge in [-0.3, -0.25) is 14.9 Å². The van der Waals surface area contributed by atoms with Crippen molar-refractivity contribution >= 4 is 23.4 Å². The van der Waals surface area contributed by atoms with Gasteiger partial charge in [-0.25, -0.2) is 9.78 Å². The first-order chi connectivity index (χ1) is 15.0. The van der Waals surface area contributed by atoms with Crippen molar-refractivity contribution in [3.8, 4) is 5.75 Å². The van der Waals surface area contributed by atoms with E-state index >= 15 is 0 Å². The second-order valence-corrected chi connectivity index (χ2v) is 7.37. The van der Waals surface area contributed by atoms with Crippen LogP contribution in [0, 0.1) is 16.0 Å². The Bertz CT molecular complexity index is 956. The van der Waals surface area contributed by atoms with Gasteiger partial charge in [0.25, 0.3) is 11.6 Å². The Morgan fingerprint density at radius 2 is 1.94 bits per heavy atom. The number of amides is 1. The third kappa shape index (κ3) is 6.00. The van der Waals surface area contributed by atoms with Crippen molar-refractivity contribution in [2.75, 3.05) is 18.5 Å². The highest BCUT2D eigenvalue weighted by Gasteiger charge is 2.20. The van der Waals surface area contributed by atoms with Crippen molar-refractivity contribution in [1.29, 1.82) is 0 Å². The third-order valence-corrected chi connectivity index (χ3v) is 5.10. The number of aromatic nitrogens is 1. The van der Waals surface area contributed by atoms with E-state index in [-0.39, 0.29) is 29.2 Å². The molecule has 9 nitrogen and oxygen atoms in total. The number of non-ortho nitro benzene ring substituents is 1. The molecule has 2 aromatic rings. The second-order valence-electron chi connectivity index (χ2n) is 7.37. The van der Waals surface area contributed by atoms with E-state index in [4.69, 9.17) is 9.47 Å². The number of nitrogens with one attached hydrogen (secondary N) is 1. The Kier molecular flexibility index (Phi) is 7.53. The minimum absolute atomic E-state index is 0.0545. The molecule has 1 amide bonds. The van der Waals surface area contributed by atoms with Gasteiger partial charge < -0.3 is 14.8 Å². The van der Waals surface area contributed by atoms with Crippen molar-refractivity contribution in [2.45, 2.75) is 39.0 Å². The van der Waals surface area contributed by atoms with Gasteiger partial charge in [0.15, 0.2) is 11.6 Å². The molecule has 1 aliphatic carbocycles. The maximum absolute atomic E-state index is 12.8. The lowest BCUT2D eigenvalue weighted by Crippen LogP contribution is -2.18. The molecule has 1 aromatic carbocycles. The highest BCUT2D eigenvalue weighted by atomic mass is 16.6. The van der Waals surface area contributed by atoms with Crippen LogP contribution in [0.2, 0.25) is 0 Å². The number of esters is 1. The SMILES string of the molecule is CCOC(=O)c1cc(C(=O)Nc2ncccc2OCC2CCCCC2)cc([N+](=O)[O-])c1. The number of nitrogens with zero attached hydrogens (tertiary/aromatic N) is 2. The molecule has 1 heterocycles. The van der Waals surface area contributed by atoms with E-state index in [1.807, 2.05) is 0 Å². The Hall–Kier alpha value is -3.49. The molecular weight excluding hydrogens is 402 g/mol. The Labute approximate surface area is 179 Å². The maximum Gasteiger partial charge on any atom is 0.338 e.